The SMILES string of the molecule is c1ccc(Oc2nnnn2C[C@@H]2CCCN2)cc1. The van der Waals surface area contributed by atoms with Crippen molar-refractivity contribution >= 4 is 0 Å². The highest BCUT2D eigenvalue weighted by atomic mass is 16.5. The first-order chi connectivity index (χ1) is 8.92. The van der Waals surface area contributed by atoms with Crippen LogP contribution < -0.4 is 10.1 Å². The summed E-state index contributed by atoms with van der Waals surface area (Å²) in [7, 11) is 0. The maximum Gasteiger partial charge on any atom is 0.340 e. The monoisotopic (exact) mass is 245 g/mol. The van der Waals surface area contributed by atoms with E-state index < -0.39 is 0 Å². The normalized spacial score (nSPS) is 19.0. The lowest BCUT2D eigenvalue weighted by Gasteiger charge is -2.10. The second-order valence-electron chi connectivity index (χ2n) is 4.35. The minimum absolute atomic E-state index is 0.437. The van der Waals surface area contributed by atoms with Crippen molar-refractivity contribution in [1.82, 2.24) is 25.5 Å². The number of nitrogens with one attached hydrogen (secondary N) is 1. The van der Waals surface area contributed by atoms with E-state index in [0.29, 0.717) is 12.1 Å². The molecule has 1 N–H and O–H groups in total. The summed E-state index contributed by atoms with van der Waals surface area (Å²) in [6, 6.07) is 10.4. The average Bonchev–Trinajstić information content (AvgIpc) is 3.04. The minimum Gasteiger partial charge on any atom is -0.423 e. The van der Waals surface area contributed by atoms with E-state index >= 15 is 0 Å². The van der Waals surface area contributed by atoms with Crippen molar-refractivity contribution in [2.24, 2.45) is 0 Å². The van der Waals surface area contributed by atoms with Crippen molar-refractivity contribution in [3.05, 3.63) is 30.3 Å². The number of aromatic nitrogens is 4. The topological polar surface area (TPSA) is 64.9 Å². The van der Waals surface area contributed by atoms with Gasteiger partial charge in [0.05, 0.1) is 6.54 Å². The molecule has 1 atom stereocenters. The zero-order valence-electron chi connectivity index (χ0n) is 9.99. The van der Waals surface area contributed by atoms with Gasteiger partial charge < -0.3 is 10.1 Å². The first-order valence-electron chi connectivity index (χ1n) is 6.14. The van der Waals surface area contributed by atoms with Crippen LogP contribution in [0.1, 0.15) is 12.8 Å². The Morgan fingerprint density at radius 3 is 3.00 bits per heavy atom. The number of nitrogens with zero attached hydrogens (tertiary/aromatic N) is 4. The van der Waals surface area contributed by atoms with Gasteiger partial charge >= 0.3 is 6.01 Å². The van der Waals surface area contributed by atoms with E-state index in [9.17, 15) is 0 Å². The maximum atomic E-state index is 5.66. The Morgan fingerprint density at radius 2 is 2.22 bits per heavy atom. The van der Waals surface area contributed by atoms with Crippen molar-refractivity contribution in [3.8, 4) is 11.8 Å². The third-order valence-corrected chi connectivity index (χ3v) is 3.01. The van der Waals surface area contributed by atoms with Gasteiger partial charge in [-0.05, 0) is 41.9 Å². The fraction of sp³-hybridized carbons (Fsp3) is 0.417. The molecule has 0 bridgehead atoms. The Hall–Kier alpha value is -1.95. The van der Waals surface area contributed by atoms with Crippen molar-refractivity contribution in [3.63, 3.8) is 0 Å². The number of para-hydroxylation sites is 1. The molecule has 1 fully saturated rings. The first-order valence-corrected chi connectivity index (χ1v) is 6.14. The van der Waals surface area contributed by atoms with Crippen molar-refractivity contribution < 1.29 is 4.74 Å². The molecule has 0 amide bonds. The second-order valence-corrected chi connectivity index (χ2v) is 4.35. The molecule has 3 rings (SSSR count). The summed E-state index contributed by atoms with van der Waals surface area (Å²) in [4.78, 5) is 0. The lowest BCUT2D eigenvalue weighted by atomic mass is 10.2. The van der Waals surface area contributed by atoms with E-state index in [-0.39, 0.29) is 0 Å². The molecule has 18 heavy (non-hydrogen) atoms. The van der Waals surface area contributed by atoms with Crippen molar-refractivity contribution in [1.29, 1.82) is 0 Å². The molecule has 0 spiro atoms. The summed E-state index contributed by atoms with van der Waals surface area (Å²) in [5.41, 5.74) is 0. The zero-order chi connectivity index (χ0) is 12.2. The van der Waals surface area contributed by atoms with Crippen LogP contribution in [-0.2, 0) is 6.54 Å². The fourth-order valence-electron chi connectivity index (χ4n) is 2.10. The molecule has 1 aromatic heterocycles. The Kier molecular flexibility index (Phi) is 3.18. The molecule has 1 aromatic carbocycles. The number of hydrogen-bond donors (Lipinski definition) is 1. The molecule has 0 aliphatic carbocycles. The summed E-state index contributed by atoms with van der Waals surface area (Å²) < 4.78 is 7.36. The fourth-order valence-corrected chi connectivity index (χ4v) is 2.10. The summed E-state index contributed by atoms with van der Waals surface area (Å²) in [5.74, 6) is 0.743. The number of hydrogen-bond acceptors (Lipinski definition) is 5. The van der Waals surface area contributed by atoms with Crippen LogP contribution in [0.15, 0.2) is 30.3 Å². The zero-order valence-corrected chi connectivity index (χ0v) is 9.99. The quantitative estimate of drug-likeness (QED) is 0.877. The lowest BCUT2D eigenvalue weighted by Crippen LogP contribution is -2.27. The van der Waals surface area contributed by atoms with Crippen LogP contribution in [0.3, 0.4) is 0 Å². The summed E-state index contributed by atoms with van der Waals surface area (Å²) in [6.07, 6.45) is 2.37. The molecule has 1 aliphatic rings. The van der Waals surface area contributed by atoms with E-state index in [0.717, 1.165) is 25.3 Å². The Morgan fingerprint density at radius 1 is 1.33 bits per heavy atom. The highest BCUT2D eigenvalue weighted by molar-refractivity contribution is 5.23. The van der Waals surface area contributed by atoms with E-state index in [1.54, 1.807) is 4.68 Å². The molecular formula is C12H15N5O. The molecule has 2 aromatic rings. The number of benzene rings is 1. The Labute approximate surface area is 105 Å². The molecule has 6 heteroatoms. The average molecular weight is 245 g/mol. The predicted molar refractivity (Wildman–Crippen MR) is 65.4 cm³/mol. The number of rotatable bonds is 4. The Balaban J connectivity index is 1.71. The van der Waals surface area contributed by atoms with Gasteiger partial charge in [-0.3, -0.25) is 0 Å². The standard InChI is InChI=1S/C12H15N5O/c1-2-6-11(7-3-1)18-12-14-15-16-17(12)9-10-5-4-8-13-10/h1-3,6-7,10,13H,4-5,8-9H2/t10-/m0/s1. The van der Waals surface area contributed by atoms with E-state index in [1.165, 1.54) is 6.42 Å². The molecule has 94 valence electrons. The summed E-state index contributed by atoms with van der Waals surface area (Å²) in [6.45, 7) is 1.82. The van der Waals surface area contributed by atoms with Crippen LogP contribution in [0.4, 0.5) is 0 Å². The minimum atomic E-state index is 0.437. The predicted octanol–water partition coefficient (Wildman–Crippen LogP) is 1.22. The molecule has 0 unspecified atom stereocenters. The first kappa shape index (κ1) is 11.2. The number of ether oxygens (including phenoxy) is 1. The smallest absolute Gasteiger partial charge is 0.340 e. The highest BCUT2D eigenvalue weighted by Gasteiger charge is 2.18. The van der Waals surface area contributed by atoms with Gasteiger partial charge in [0.25, 0.3) is 0 Å². The van der Waals surface area contributed by atoms with Gasteiger partial charge in [0, 0.05) is 6.04 Å². The van der Waals surface area contributed by atoms with Crippen LogP contribution in [0.5, 0.6) is 11.8 Å². The van der Waals surface area contributed by atoms with Gasteiger partial charge in [-0.15, -0.1) is 0 Å². The largest absolute Gasteiger partial charge is 0.423 e. The van der Waals surface area contributed by atoms with Gasteiger partial charge in [0.15, 0.2) is 0 Å². The molecule has 6 nitrogen and oxygen atoms in total. The highest BCUT2D eigenvalue weighted by Crippen LogP contribution is 2.18. The van der Waals surface area contributed by atoms with Crippen LogP contribution >= 0.6 is 0 Å². The maximum absolute atomic E-state index is 5.66. The molecule has 1 saturated heterocycles. The van der Waals surface area contributed by atoms with Crippen molar-refractivity contribution in [2.75, 3.05) is 6.54 Å². The molecule has 2 heterocycles. The van der Waals surface area contributed by atoms with E-state index in [2.05, 4.69) is 20.8 Å². The van der Waals surface area contributed by atoms with Gasteiger partial charge in [0.1, 0.15) is 5.75 Å². The molecule has 1 aliphatic heterocycles. The molecule has 0 radical (unpaired) electrons. The van der Waals surface area contributed by atoms with Crippen LogP contribution in [0, 0.1) is 0 Å². The van der Waals surface area contributed by atoms with Gasteiger partial charge in [-0.2, -0.15) is 4.68 Å². The third-order valence-electron chi connectivity index (χ3n) is 3.01. The summed E-state index contributed by atoms with van der Waals surface area (Å²) >= 11 is 0. The van der Waals surface area contributed by atoms with E-state index in [4.69, 9.17) is 4.74 Å². The van der Waals surface area contributed by atoms with Crippen LogP contribution in [-0.4, -0.2) is 32.8 Å². The molecule has 0 saturated carbocycles. The van der Waals surface area contributed by atoms with Crippen LogP contribution in [0.2, 0.25) is 0 Å². The van der Waals surface area contributed by atoms with E-state index in [1.807, 2.05) is 30.3 Å². The number of tetrazole rings is 1. The van der Waals surface area contributed by atoms with Gasteiger partial charge in [0.2, 0.25) is 0 Å². The third kappa shape index (κ3) is 2.48. The van der Waals surface area contributed by atoms with Gasteiger partial charge in [-0.25, -0.2) is 0 Å². The van der Waals surface area contributed by atoms with Crippen LogP contribution in [0.25, 0.3) is 0 Å². The lowest BCUT2D eigenvalue weighted by molar-refractivity contribution is 0.372. The second kappa shape index (κ2) is 5.14. The van der Waals surface area contributed by atoms with Gasteiger partial charge in [-0.1, -0.05) is 23.3 Å². The summed E-state index contributed by atoms with van der Waals surface area (Å²) in [5, 5.41) is 15.0. The molecular weight excluding hydrogens is 230 g/mol. The van der Waals surface area contributed by atoms with Crippen molar-refractivity contribution in [2.45, 2.75) is 25.4 Å². The Bertz CT molecular complexity index is 492.